The molecule has 0 bridgehead atoms. The van der Waals surface area contributed by atoms with E-state index in [1.807, 2.05) is 19.3 Å². The van der Waals surface area contributed by atoms with E-state index in [0.29, 0.717) is 18.9 Å². The van der Waals surface area contributed by atoms with E-state index in [0.717, 1.165) is 22.4 Å². The van der Waals surface area contributed by atoms with Gasteiger partial charge in [0.2, 0.25) is 5.91 Å². The lowest BCUT2D eigenvalue weighted by Crippen LogP contribution is -2.08. The molecule has 28 heavy (non-hydrogen) atoms. The summed E-state index contributed by atoms with van der Waals surface area (Å²) < 4.78 is 12.2. The molecule has 3 aromatic rings. The second kappa shape index (κ2) is 9.48. The predicted molar refractivity (Wildman–Crippen MR) is 108 cm³/mol. The number of aromatic nitrogens is 3. The summed E-state index contributed by atoms with van der Waals surface area (Å²) in [5.41, 5.74) is 3.46. The normalized spacial score (nSPS) is 10.9. The number of hydrogen-bond donors (Lipinski definition) is 1. The van der Waals surface area contributed by atoms with Crippen LogP contribution in [-0.4, -0.2) is 41.0 Å². The van der Waals surface area contributed by atoms with Gasteiger partial charge in [0.05, 0.1) is 12.8 Å². The van der Waals surface area contributed by atoms with E-state index in [4.69, 9.17) is 9.47 Å². The van der Waals surface area contributed by atoms with Crippen molar-refractivity contribution < 1.29 is 14.3 Å². The van der Waals surface area contributed by atoms with Crippen molar-refractivity contribution in [2.75, 3.05) is 25.6 Å². The molecule has 0 saturated heterocycles. The maximum atomic E-state index is 12.3. The van der Waals surface area contributed by atoms with Gasteiger partial charge in [-0.1, -0.05) is 0 Å². The fourth-order valence-electron chi connectivity index (χ4n) is 2.59. The van der Waals surface area contributed by atoms with E-state index in [9.17, 15) is 4.79 Å². The highest BCUT2D eigenvalue weighted by Crippen LogP contribution is 2.23. The molecule has 7 heteroatoms. The minimum Gasteiger partial charge on any atom is -0.491 e. The zero-order valence-electron chi connectivity index (χ0n) is 15.8. The van der Waals surface area contributed by atoms with Crippen LogP contribution in [-0.2, 0) is 16.6 Å². The number of amides is 1. The van der Waals surface area contributed by atoms with Crippen molar-refractivity contribution in [2.45, 2.75) is 0 Å². The van der Waals surface area contributed by atoms with Crippen LogP contribution in [0.15, 0.2) is 61.2 Å². The highest BCUT2D eigenvalue weighted by Gasteiger charge is 2.06. The van der Waals surface area contributed by atoms with Gasteiger partial charge >= 0.3 is 0 Å². The topological polar surface area (TPSA) is 78.3 Å². The molecule has 1 aromatic carbocycles. The third-order valence-electron chi connectivity index (χ3n) is 3.96. The first-order chi connectivity index (χ1) is 13.7. The summed E-state index contributed by atoms with van der Waals surface area (Å²) in [6, 6.07) is 9.09. The summed E-state index contributed by atoms with van der Waals surface area (Å²) >= 11 is 0. The van der Waals surface area contributed by atoms with Gasteiger partial charge in [-0.2, -0.15) is 5.10 Å². The molecule has 0 aliphatic carbocycles. The number of ether oxygens (including phenoxy) is 2. The van der Waals surface area contributed by atoms with Gasteiger partial charge in [-0.25, -0.2) is 0 Å². The van der Waals surface area contributed by atoms with Gasteiger partial charge in [0, 0.05) is 55.6 Å². The Hall–Kier alpha value is -3.45. The first kappa shape index (κ1) is 19.3. The highest BCUT2D eigenvalue weighted by molar-refractivity contribution is 6.02. The highest BCUT2D eigenvalue weighted by atomic mass is 16.5. The van der Waals surface area contributed by atoms with Gasteiger partial charge < -0.3 is 14.8 Å². The molecule has 0 radical (unpaired) electrons. The standard InChI is InChI=1S/C21H22N4O3/c1-25-15-17(14-23-25)20-9-10-22-13-16(20)3-8-21(26)24-18-4-6-19(7-5-18)28-12-11-27-2/h3-10,13-15H,11-12H2,1-2H3,(H,24,26)/b8-3+. The summed E-state index contributed by atoms with van der Waals surface area (Å²) in [4.78, 5) is 16.4. The molecule has 2 aromatic heterocycles. The number of nitrogens with one attached hydrogen (secondary N) is 1. The van der Waals surface area contributed by atoms with Crippen molar-refractivity contribution in [3.8, 4) is 16.9 Å². The fraction of sp³-hybridized carbons (Fsp3) is 0.190. The number of rotatable bonds is 8. The zero-order chi connectivity index (χ0) is 19.8. The SMILES string of the molecule is COCCOc1ccc(NC(=O)/C=C/c2cnccc2-c2cnn(C)c2)cc1. The number of nitrogens with zero attached hydrogens (tertiary/aromatic N) is 3. The fourth-order valence-corrected chi connectivity index (χ4v) is 2.59. The number of carbonyl (C=O) groups excluding carboxylic acids is 1. The van der Waals surface area contributed by atoms with E-state index in [1.54, 1.807) is 60.7 Å². The maximum Gasteiger partial charge on any atom is 0.248 e. The van der Waals surface area contributed by atoms with Crippen molar-refractivity contribution in [1.29, 1.82) is 0 Å². The minimum absolute atomic E-state index is 0.228. The van der Waals surface area contributed by atoms with Crippen LogP contribution in [0.1, 0.15) is 5.56 Å². The van der Waals surface area contributed by atoms with Gasteiger partial charge in [-0.05, 0) is 42.0 Å². The lowest BCUT2D eigenvalue weighted by molar-refractivity contribution is -0.111. The van der Waals surface area contributed by atoms with E-state index >= 15 is 0 Å². The maximum absolute atomic E-state index is 12.3. The Bertz CT molecular complexity index is 948. The van der Waals surface area contributed by atoms with Crippen LogP contribution in [0.25, 0.3) is 17.2 Å². The van der Waals surface area contributed by atoms with Gasteiger partial charge in [0.1, 0.15) is 12.4 Å². The first-order valence-electron chi connectivity index (χ1n) is 8.79. The Labute approximate surface area is 163 Å². The second-order valence-corrected chi connectivity index (χ2v) is 6.05. The van der Waals surface area contributed by atoms with Crippen molar-refractivity contribution >= 4 is 17.7 Å². The monoisotopic (exact) mass is 378 g/mol. The third kappa shape index (κ3) is 5.28. The van der Waals surface area contributed by atoms with Crippen LogP contribution >= 0.6 is 0 Å². The molecule has 0 fully saturated rings. The number of anilines is 1. The summed E-state index contributed by atoms with van der Waals surface area (Å²) in [6.45, 7) is 1.01. The smallest absolute Gasteiger partial charge is 0.248 e. The van der Waals surface area contributed by atoms with Gasteiger partial charge in [0.25, 0.3) is 0 Å². The minimum atomic E-state index is -0.228. The Balaban J connectivity index is 1.63. The van der Waals surface area contributed by atoms with Crippen molar-refractivity contribution in [3.05, 3.63) is 66.8 Å². The molecular formula is C21H22N4O3. The molecule has 3 rings (SSSR count). The van der Waals surface area contributed by atoms with Gasteiger partial charge in [-0.15, -0.1) is 0 Å². The number of hydrogen-bond acceptors (Lipinski definition) is 5. The predicted octanol–water partition coefficient (Wildman–Crippen LogP) is 3.16. The molecule has 0 atom stereocenters. The van der Waals surface area contributed by atoms with Crippen molar-refractivity contribution in [3.63, 3.8) is 0 Å². The lowest BCUT2D eigenvalue weighted by atomic mass is 10.0. The zero-order valence-corrected chi connectivity index (χ0v) is 15.8. The van der Waals surface area contributed by atoms with Crippen molar-refractivity contribution in [1.82, 2.24) is 14.8 Å². The van der Waals surface area contributed by atoms with Crippen LogP contribution in [0.4, 0.5) is 5.69 Å². The average molecular weight is 378 g/mol. The number of aryl methyl sites for hydroxylation is 1. The largest absolute Gasteiger partial charge is 0.491 e. The van der Waals surface area contributed by atoms with Crippen LogP contribution in [0, 0.1) is 0 Å². The molecule has 7 nitrogen and oxygen atoms in total. The molecule has 1 N–H and O–H groups in total. The van der Waals surface area contributed by atoms with Crippen molar-refractivity contribution in [2.24, 2.45) is 7.05 Å². The molecule has 144 valence electrons. The van der Waals surface area contributed by atoms with E-state index in [-0.39, 0.29) is 5.91 Å². The second-order valence-electron chi connectivity index (χ2n) is 6.05. The van der Waals surface area contributed by atoms with Crippen LogP contribution in [0.5, 0.6) is 5.75 Å². The third-order valence-corrected chi connectivity index (χ3v) is 3.96. The van der Waals surface area contributed by atoms with E-state index in [1.165, 1.54) is 6.08 Å². The Morgan fingerprint density at radius 1 is 1.18 bits per heavy atom. The Morgan fingerprint density at radius 3 is 2.71 bits per heavy atom. The van der Waals surface area contributed by atoms with E-state index < -0.39 is 0 Å². The Kier molecular flexibility index (Phi) is 6.54. The van der Waals surface area contributed by atoms with Gasteiger partial charge in [-0.3, -0.25) is 14.5 Å². The lowest BCUT2D eigenvalue weighted by Gasteiger charge is -2.07. The molecular weight excluding hydrogens is 356 g/mol. The van der Waals surface area contributed by atoms with E-state index in [2.05, 4.69) is 15.4 Å². The molecule has 1 amide bonds. The molecule has 0 aliphatic heterocycles. The van der Waals surface area contributed by atoms with Gasteiger partial charge in [0.15, 0.2) is 0 Å². The summed E-state index contributed by atoms with van der Waals surface area (Å²) in [7, 11) is 3.49. The van der Waals surface area contributed by atoms with Crippen LogP contribution in [0.3, 0.4) is 0 Å². The summed E-state index contributed by atoms with van der Waals surface area (Å²) in [5, 5.41) is 7.02. The summed E-state index contributed by atoms with van der Waals surface area (Å²) in [6.07, 6.45) is 10.4. The molecule has 2 heterocycles. The van der Waals surface area contributed by atoms with Crippen LogP contribution < -0.4 is 10.1 Å². The number of benzene rings is 1. The number of carbonyl (C=O) groups is 1. The average Bonchev–Trinajstić information content (AvgIpc) is 3.14. The Morgan fingerprint density at radius 2 is 2.00 bits per heavy atom. The molecule has 0 aliphatic rings. The quantitative estimate of drug-likeness (QED) is 0.481. The molecule has 0 saturated carbocycles. The number of pyridine rings is 1. The summed E-state index contributed by atoms with van der Waals surface area (Å²) in [5.74, 6) is 0.496. The molecule has 0 unspecified atom stereocenters. The van der Waals surface area contributed by atoms with Crippen LogP contribution in [0.2, 0.25) is 0 Å². The first-order valence-corrected chi connectivity index (χ1v) is 8.79. The molecule has 0 spiro atoms. The number of methoxy groups -OCH3 is 1.